The van der Waals surface area contributed by atoms with Crippen molar-refractivity contribution in [2.75, 3.05) is 11.9 Å². The Bertz CT molecular complexity index is 1300. The molecule has 3 aliphatic rings. The van der Waals surface area contributed by atoms with Crippen LogP contribution >= 0.6 is 37.2 Å². The number of carbonyl (C=O) groups excluding carboxylic acids is 1. The molecule has 5 rings (SSSR count). The number of nitrogens with zero attached hydrogens (tertiary/aromatic N) is 3. The topological polar surface area (TPSA) is 100 Å². The van der Waals surface area contributed by atoms with Crippen LogP contribution in [-0.4, -0.2) is 38.9 Å². The molecule has 1 atom stereocenters. The van der Waals surface area contributed by atoms with E-state index in [1.54, 1.807) is 4.90 Å². The molecular weight excluding hydrogens is 483 g/mol. The number of guanidine groups is 1. The van der Waals surface area contributed by atoms with Crippen LogP contribution in [0.2, 0.25) is 0 Å². The van der Waals surface area contributed by atoms with E-state index in [9.17, 15) is 4.79 Å². The molecule has 1 fully saturated rings. The van der Waals surface area contributed by atoms with E-state index >= 15 is 0 Å². The monoisotopic (exact) mass is 508 g/mol. The standard InChI is InChI=1S/C23H24N6O.3ClH/c1-13-15-6-3-4-7-18(15)28(2)21-20(13)16-12-14(9-10-17(16)27-21)26-22(30)19-8-5-11-29(19)23(24)25;;;/h3-4,6-7,9-10,12,19H,5,8,11H2,1-2H3,(H3,24,25)(H,26,30);3*1H/t19-;;;/m0.../s1. The molecule has 0 unspecified atom stereocenters. The number of fused-ring (bicyclic) bond motifs is 4. The summed E-state index contributed by atoms with van der Waals surface area (Å²) in [5, 5.41) is 12.9. The summed E-state index contributed by atoms with van der Waals surface area (Å²) < 4.78 is 2.12. The summed E-state index contributed by atoms with van der Waals surface area (Å²) in [6.45, 7) is 2.77. The van der Waals surface area contributed by atoms with Gasteiger partial charge < -0.3 is 20.5 Å². The van der Waals surface area contributed by atoms with Crippen LogP contribution in [0.1, 0.15) is 18.4 Å². The molecular formula is C23H27Cl3N6O. The van der Waals surface area contributed by atoms with Gasteiger partial charge in [-0.25, -0.2) is 4.98 Å². The van der Waals surface area contributed by atoms with Gasteiger partial charge in [0.25, 0.3) is 0 Å². The maximum atomic E-state index is 12.8. The number of aryl methyl sites for hydroxylation is 2. The Morgan fingerprint density at radius 3 is 2.61 bits per heavy atom. The lowest BCUT2D eigenvalue weighted by Crippen LogP contribution is -2.46. The summed E-state index contributed by atoms with van der Waals surface area (Å²) in [6.07, 6.45) is 1.56. The van der Waals surface area contributed by atoms with Gasteiger partial charge in [-0.2, -0.15) is 0 Å². The van der Waals surface area contributed by atoms with Crippen LogP contribution in [0.25, 0.3) is 33.2 Å². The van der Waals surface area contributed by atoms with E-state index in [4.69, 9.17) is 16.1 Å². The Hall–Kier alpha value is -2.74. The number of benzene rings is 2. The second-order valence-electron chi connectivity index (χ2n) is 7.97. The van der Waals surface area contributed by atoms with Gasteiger partial charge in [0.1, 0.15) is 11.9 Å². The number of amides is 1. The molecule has 0 aromatic heterocycles. The summed E-state index contributed by atoms with van der Waals surface area (Å²) in [5.41, 5.74) is 10.7. The van der Waals surface area contributed by atoms with Crippen molar-refractivity contribution in [1.29, 1.82) is 5.41 Å². The Balaban J connectivity index is 0.00000128. The van der Waals surface area contributed by atoms with Crippen LogP contribution in [0.15, 0.2) is 42.5 Å². The van der Waals surface area contributed by atoms with Gasteiger partial charge in [0.2, 0.25) is 5.91 Å². The van der Waals surface area contributed by atoms with E-state index in [1.807, 2.05) is 37.4 Å². The fourth-order valence-electron chi connectivity index (χ4n) is 4.70. The number of hydrogen-bond donors (Lipinski definition) is 3. The molecule has 0 saturated carbocycles. The smallest absolute Gasteiger partial charge is 0.247 e. The zero-order chi connectivity index (χ0) is 21.0. The summed E-state index contributed by atoms with van der Waals surface area (Å²) in [7, 11) is 2.04. The Morgan fingerprint density at radius 1 is 1.15 bits per heavy atom. The van der Waals surface area contributed by atoms with Gasteiger partial charge in [-0.05, 0) is 49.6 Å². The zero-order valence-corrected chi connectivity index (χ0v) is 20.7. The fourth-order valence-corrected chi connectivity index (χ4v) is 4.70. The number of pyridine rings is 1. The third kappa shape index (κ3) is 4.28. The van der Waals surface area contributed by atoms with E-state index in [0.29, 0.717) is 13.0 Å². The molecule has 2 aromatic rings. The van der Waals surface area contributed by atoms with Gasteiger partial charge >= 0.3 is 0 Å². The van der Waals surface area contributed by atoms with Crippen molar-refractivity contribution in [1.82, 2.24) is 14.5 Å². The van der Waals surface area contributed by atoms with Gasteiger partial charge in [0.15, 0.2) is 5.96 Å². The maximum absolute atomic E-state index is 12.8. The predicted molar refractivity (Wildman–Crippen MR) is 142 cm³/mol. The molecule has 176 valence electrons. The van der Waals surface area contributed by atoms with Crippen LogP contribution < -0.4 is 11.1 Å². The average Bonchev–Trinajstić information content (AvgIpc) is 3.37. The maximum Gasteiger partial charge on any atom is 0.247 e. The first-order valence-corrected chi connectivity index (χ1v) is 10.1. The number of aromatic nitrogens is 2. The third-order valence-electron chi connectivity index (χ3n) is 6.21. The van der Waals surface area contributed by atoms with E-state index in [0.717, 1.165) is 39.9 Å². The molecule has 0 bridgehead atoms. The van der Waals surface area contributed by atoms with E-state index in [-0.39, 0.29) is 49.1 Å². The number of carbonyl (C=O) groups is 1. The zero-order valence-electron chi connectivity index (χ0n) is 18.3. The van der Waals surface area contributed by atoms with E-state index < -0.39 is 6.04 Å². The molecule has 0 radical (unpaired) electrons. The normalized spacial score (nSPS) is 15.1. The fraction of sp³-hybridized carbons (Fsp3) is 0.261. The first-order valence-electron chi connectivity index (χ1n) is 10.1. The van der Waals surface area contributed by atoms with Crippen LogP contribution in [-0.2, 0) is 11.8 Å². The minimum Gasteiger partial charge on any atom is -0.370 e. The average molecular weight is 510 g/mol. The Morgan fingerprint density at radius 2 is 1.88 bits per heavy atom. The highest BCUT2D eigenvalue weighted by Crippen LogP contribution is 2.38. The summed E-state index contributed by atoms with van der Waals surface area (Å²) in [6, 6.07) is 13.8. The minimum atomic E-state index is -0.392. The number of rotatable bonds is 2. The van der Waals surface area contributed by atoms with Gasteiger partial charge in [-0.3, -0.25) is 10.2 Å². The molecule has 0 spiro atoms. The van der Waals surface area contributed by atoms with Crippen LogP contribution in [0.3, 0.4) is 0 Å². The van der Waals surface area contributed by atoms with Crippen LogP contribution in [0.4, 0.5) is 5.69 Å². The van der Waals surface area contributed by atoms with Crippen molar-refractivity contribution in [2.24, 2.45) is 12.8 Å². The van der Waals surface area contributed by atoms with Crippen molar-refractivity contribution in [3.63, 3.8) is 0 Å². The van der Waals surface area contributed by atoms with Crippen molar-refractivity contribution >= 4 is 76.6 Å². The SMILES string of the molecule is Cc1c2c3cc(NC(=O)[C@@H]4CCCN4C(=N)N)ccc3nc-2n(C)c2ccccc12.Cl.Cl.Cl. The predicted octanol–water partition coefficient (Wildman–Crippen LogP) is 4.70. The molecule has 10 heteroatoms. The van der Waals surface area contributed by atoms with Crippen LogP contribution in [0.5, 0.6) is 0 Å². The number of para-hydroxylation sites is 1. The minimum absolute atomic E-state index is 0. The highest BCUT2D eigenvalue weighted by Gasteiger charge is 2.31. The number of nitrogens with one attached hydrogen (secondary N) is 2. The molecule has 1 saturated heterocycles. The van der Waals surface area contributed by atoms with E-state index in [2.05, 4.69) is 28.9 Å². The second kappa shape index (κ2) is 10.0. The number of halogens is 3. The lowest BCUT2D eigenvalue weighted by Gasteiger charge is -2.23. The van der Waals surface area contributed by atoms with Gasteiger partial charge in [0, 0.05) is 41.1 Å². The number of likely N-dealkylation sites (tertiary alicyclic amines) is 1. The van der Waals surface area contributed by atoms with Crippen molar-refractivity contribution in [3.05, 3.63) is 48.0 Å². The highest BCUT2D eigenvalue weighted by atomic mass is 35.5. The van der Waals surface area contributed by atoms with Gasteiger partial charge in [-0.15, -0.1) is 37.2 Å². The molecule has 3 aliphatic heterocycles. The summed E-state index contributed by atoms with van der Waals surface area (Å²) in [5.74, 6) is 0.756. The number of anilines is 1. The Labute approximate surface area is 210 Å². The first kappa shape index (κ1) is 26.5. The first-order chi connectivity index (χ1) is 14.5. The largest absolute Gasteiger partial charge is 0.370 e. The third-order valence-corrected chi connectivity index (χ3v) is 6.21. The molecule has 2 aromatic carbocycles. The Kier molecular flexibility index (Phi) is 8.06. The molecule has 0 aliphatic carbocycles. The second-order valence-corrected chi connectivity index (χ2v) is 7.97. The highest BCUT2D eigenvalue weighted by molar-refractivity contribution is 6.06. The van der Waals surface area contributed by atoms with Crippen molar-refractivity contribution < 1.29 is 4.79 Å². The van der Waals surface area contributed by atoms with Crippen LogP contribution in [0, 0.1) is 12.3 Å². The van der Waals surface area contributed by atoms with Crippen molar-refractivity contribution in [3.8, 4) is 11.4 Å². The van der Waals surface area contributed by atoms with Gasteiger partial charge in [-0.1, -0.05) is 18.2 Å². The summed E-state index contributed by atoms with van der Waals surface area (Å²) >= 11 is 0. The van der Waals surface area contributed by atoms with Crippen molar-refractivity contribution in [2.45, 2.75) is 25.8 Å². The molecule has 4 N–H and O–H groups in total. The van der Waals surface area contributed by atoms with E-state index in [1.165, 1.54) is 10.9 Å². The molecule has 33 heavy (non-hydrogen) atoms. The summed E-state index contributed by atoms with van der Waals surface area (Å²) in [4.78, 5) is 19.4. The quantitative estimate of drug-likeness (QED) is 0.269. The van der Waals surface area contributed by atoms with Gasteiger partial charge in [0.05, 0.1) is 5.52 Å². The molecule has 1 amide bonds. The number of hydrogen-bond acceptors (Lipinski definition) is 3. The molecule has 7 nitrogen and oxygen atoms in total. The lowest BCUT2D eigenvalue weighted by molar-refractivity contribution is -0.119. The lowest BCUT2D eigenvalue weighted by atomic mass is 10.00. The number of nitrogens with two attached hydrogens (primary N) is 1. The molecule has 3 heterocycles.